The molecule has 5 heteroatoms. The first-order valence-electron chi connectivity index (χ1n) is 6.77. The largest absolute Gasteiger partial charge is 0.496 e. The van der Waals surface area contributed by atoms with Crippen molar-refractivity contribution < 1.29 is 14.3 Å². The molecule has 0 aliphatic heterocycles. The lowest BCUT2D eigenvalue weighted by atomic mass is 10.1. The molecule has 1 amide bonds. The molecule has 4 nitrogen and oxygen atoms in total. The molecule has 1 N–H and O–H groups in total. The van der Waals surface area contributed by atoms with E-state index in [0.29, 0.717) is 17.1 Å². The third-order valence-electron chi connectivity index (χ3n) is 3.35. The quantitative estimate of drug-likeness (QED) is 0.769. The van der Waals surface area contributed by atoms with Gasteiger partial charge in [0.2, 0.25) is 0 Å². The number of benzene rings is 2. The van der Waals surface area contributed by atoms with E-state index in [-0.39, 0.29) is 5.91 Å². The zero-order valence-corrected chi connectivity index (χ0v) is 15.1. The second-order valence-electron chi connectivity index (χ2n) is 4.92. The smallest absolute Gasteiger partial charge is 0.263 e. The van der Waals surface area contributed by atoms with Crippen molar-refractivity contribution in [2.24, 2.45) is 0 Å². The Bertz CT molecular complexity index is 668. The van der Waals surface area contributed by atoms with Gasteiger partial charge in [-0.2, -0.15) is 0 Å². The number of carbonyl (C=O) groups excluding carboxylic acids is 1. The van der Waals surface area contributed by atoms with Crippen molar-refractivity contribution in [2.45, 2.75) is 13.8 Å². The van der Waals surface area contributed by atoms with Gasteiger partial charge in [-0.1, -0.05) is 6.07 Å². The number of hydrogen-bond donors (Lipinski definition) is 1. The summed E-state index contributed by atoms with van der Waals surface area (Å²) in [6, 6.07) is 9.17. The summed E-state index contributed by atoms with van der Waals surface area (Å²) in [4.78, 5) is 12.6. The highest BCUT2D eigenvalue weighted by atomic mass is 127. The predicted molar refractivity (Wildman–Crippen MR) is 96.1 cm³/mol. The summed E-state index contributed by atoms with van der Waals surface area (Å²) in [5, 5.41) is 2.91. The maximum Gasteiger partial charge on any atom is 0.263 e. The SMILES string of the molecule is COc1cccc(OC)c1C(=O)Nc1cc(C)c(I)c(C)c1. The molecule has 0 aliphatic carbocycles. The van der Waals surface area contributed by atoms with E-state index in [9.17, 15) is 4.79 Å². The van der Waals surface area contributed by atoms with Crippen LogP contribution in [0.15, 0.2) is 30.3 Å². The van der Waals surface area contributed by atoms with Crippen molar-refractivity contribution >= 4 is 34.2 Å². The van der Waals surface area contributed by atoms with Crippen molar-refractivity contribution in [3.05, 3.63) is 50.6 Å². The van der Waals surface area contributed by atoms with E-state index in [1.54, 1.807) is 18.2 Å². The zero-order valence-electron chi connectivity index (χ0n) is 13.0. The number of ether oxygens (including phenoxy) is 2. The maximum atomic E-state index is 12.6. The number of aryl methyl sites for hydroxylation is 2. The molecule has 0 saturated carbocycles. The summed E-state index contributed by atoms with van der Waals surface area (Å²) in [7, 11) is 3.06. The van der Waals surface area contributed by atoms with Crippen LogP contribution in [0, 0.1) is 17.4 Å². The third kappa shape index (κ3) is 3.35. The Morgan fingerprint density at radius 1 is 1.05 bits per heavy atom. The predicted octanol–water partition coefficient (Wildman–Crippen LogP) is 4.18. The molecule has 0 aliphatic rings. The molecule has 2 rings (SSSR count). The Hall–Kier alpha value is -1.76. The lowest BCUT2D eigenvalue weighted by Gasteiger charge is -2.14. The van der Waals surface area contributed by atoms with E-state index in [4.69, 9.17) is 9.47 Å². The molecule has 0 radical (unpaired) electrons. The van der Waals surface area contributed by atoms with Crippen LogP contribution in [-0.4, -0.2) is 20.1 Å². The van der Waals surface area contributed by atoms with E-state index in [1.807, 2.05) is 26.0 Å². The summed E-state index contributed by atoms with van der Waals surface area (Å²) in [6.07, 6.45) is 0. The van der Waals surface area contributed by atoms with E-state index in [0.717, 1.165) is 16.8 Å². The number of halogens is 1. The zero-order chi connectivity index (χ0) is 16.3. The first-order valence-corrected chi connectivity index (χ1v) is 7.85. The highest BCUT2D eigenvalue weighted by Crippen LogP contribution is 2.29. The molecule has 0 heterocycles. The van der Waals surface area contributed by atoms with Crippen molar-refractivity contribution in [3.63, 3.8) is 0 Å². The first-order chi connectivity index (χ1) is 10.5. The standard InChI is InChI=1S/C17H18INO3/c1-10-8-12(9-11(2)16(10)18)19-17(20)15-13(21-3)6-5-7-14(15)22-4/h5-9H,1-4H3,(H,19,20). The van der Waals surface area contributed by atoms with Gasteiger partial charge in [-0.15, -0.1) is 0 Å². The number of rotatable bonds is 4. The topological polar surface area (TPSA) is 47.6 Å². The number of amides is 1. The second-order valence-corrected chi connectivity index (χ2v) is 5.99. The van der Waals surface area contributed by atoms with Gasteiger partial charge in [0.05, 0.1) is 14.2 Å². The van der Waals surface area contributed by atoms with Gasteiger partial charge in [0, 0.05) is 9.26 Å². The van der Waals surface area contributed by atoms with Crippen LogP contribution in [0.25, 0.3) is 0 Å². The van der Waals surface area contributed by atoms with E-state index >= 15 is 0 Å². The lowest BCUT2D eigenvalue weighted by molar-refractivity contribution is 0.102. The Labute approximate surface area is 144 Å². The van der Waals surface area contributed by atoms with Gasteiger partial charge < -0.3 is 14.8 Å². The van der Waals surface area contributed by atoms with Crippen LogP contribution < -0.4 is 14.8 Å². The van der Waals surface area contributed by atoms with Gasteiger partial charge in [0.1, 0.15) is 17.1 Å². The fourth-order valence-electron chi connectivity index (χ4n) is 2.29. The van der Waals surface area contributed by atoms with Gasteiger partial charge in [0.15, 0.2) is 0 Å². The Morgan fingerprint density at radius 3 is 2.00 bits per heavy atom. The molecule has 0 atom stereocenters. The van der Waals surface area contributed by atoms with Crippen molar-refractivity contribution in [1.82, 2.24) is 0 Å². The van der Waals surface area contributed by atoms with Crippen LogP contribution in [0.5, 0.6) is 11.5 Å². The molecule has 22 heavy (non-hydrogen) atoms. The van der Waals surface area contributed by atoms with Gasteiger partial charge in [-0.25, -0.2) is 0 Å². The molecule has 116 valence electrons. The monoisotopic (exact) mass is 411 g/mol. The van der Waals surface area contributed by atoms with Crippen molar-refractivity contribution in [3.8, 4) is 11.5 Å². The summed E-state index contributed by atoms with van der Waals surface area (Å²) >= 11 is 2.30. The van der Waals surface area contributed by atoms with E-state index in [1.165, 1.54) is 17.8 Å². The Kier molecular flexibility index (Phi) is 5.28. The Morgan fingerprint density at radius 2 is 1.55 bits per heavy atom. The molecule has 2 aromatic rings. The summed E-state index contributed by atoms with van der Waals surface area (Å²) in [5.41, 5.74) is 3.40. The summed E-state index contributed by atoms with van der Waals surface area (Å²) < 4.78 is 11.7. The molecule has 0 aromatic heterocycles. The molecule has 0 unspecified atom stereocenters. The minimum absolute atomic E-state index is 0.255. The summed E-state index contributed by atoms with van der Waals surface area (Å²) in [6.45, 7) is 4.04. The molecule has 0 bridgehead atoms. The molecular weight excluding hydrogens is 393 g/mol. The second kappa shape index (κ2) is 7.00. The Balaban J connectivity index is 2.38. The maximum absolute atomic E-state index is 12.6. The number of methoxy groups -OCH3 is 2. The fourth-order valence-corrected chi connectivity index (χ4v) is 2.60. The van der Waals surface area contributed by atoms with E-state index in [2.05, 4.69) is 27.9 Å². The number of nitrogens with one attached hydrogen (secondary N) is 1. The van der Waals surface area contributed by atoms with Crippen LogP contribution in [-0.2, 0) is 0 Å². The lowest BCUT2D eigenvalue weighted by Crippen LogP contribution is -2.15. The fraction of sp³-hybridized carbons (Fsp3) is 0.235. The van der Waals surface area contributed by atoms with Gasteiger partial charge in [0.25, 0.3) is 5.91 Å². The molecule has 0 saturated heterocycles. The van der Waals surface area contributed by atoms with Crippen LogP contribution >= 0.6 is 22.6 Å². The number of carbonyl (C=O) groups is 1. The normalized spacial score (nSPS) is 10.2. The van der Waals surface area contributed by atoms with Gasteiger partial charge in [-0.05, 0) is 71.8 Å². The molecule has 0 spiro atoms. The summed E-state index contributed by atoms with van der Waals surface area (Å²) in [5.74, 6) is 0.709. The average molecular weight is 411 g/mol. The van der Waals surface area contributed by atoms with Gasteiger partial charge >= 0.3 is 0 Å². The molecule has 2 aromatic carbocycles. The highest BCUT2D eigenvalue weighted by molar-refractivity contribution is 14.1. The average Bonchev–Trinajstić information content (AvgIpc) is 2.51. The van der Waals surface area contributed by atoms with Crippen molar-refractivity contribution in [1.29, 1.82) is 0 Å². The molecular formula is C17H18INO3. The minimum atomic E-state index is -0.255. The van der Waals surface area contributed by atoms with Gasteiger partial charge in [-0.3, -0.25) is 4.79 Å². The minimum Gasteiger partial charge on any atom is -0.496 e. The van der Waals surface area contributed by atoms with Crippen LogP contribution in [0.4, 0.5) is 5.69 Å². The van der Waals surface area contributed by atoms with Crippen molar-refractivity contribution in [2.75, 3.05) is 19.5 Å². The molecule has 0 fully saturated rings. The van der Waals surface area contributed by atoms with Crippen LogP contribution in [0.3, 0.4) is 0 Å². The number of anilines is 1. The highest BCUT2D eigenvalue weighted by Gasteiger charge is 2.18. The van der Waals surface area contributed by atoms with Crippen LogP contribution in [0.1, 0.15) is 21.5 Å². The van der Waals surface area contributed by atoms with Crippen LogP contribution in [0.2, 0.25) is 0 Å². The number of hydrogen-bond acceptors (Lipinski definition) is 3. The first kappa shape index (κ1) is 16.6. The third-order valence-corrected chi connectivity index (χ3v) is 5.05. The van der Waals surface area contributed by atoms with E-state index < -0.39 is 0 Å².